The molecule has 274 valence electrons. The lowest BCUT2D eigenvalue weighted by Gasteiger charge is -2.31. The normalized spacial score (nSPS) is 16.3. The van der Waals surface area contributed by atoms with Gasteiger partial charge in [0.2, 0.25) is 23.5 Å². The van der Waals surface area contributed by atoms with Gasteiger partial charge in [-0.1, -0.05) is 78.4 Å². The van der Waals surface area contributed by atoms with Crippen LogP contribution in [0.1, 0.15) is 109 Å². The topological polar surface area (TPSA) is 243 Å². The number of ketones is 1. The Morgan fingerprint density at radius 3 is 2.14 bits per heavy atom. The van der Waals surface area contributed by atoms with E-state index in [2.05, 4.69) is 57.2 Å². The Morgan fingerprint density at radius 2 is 1.54 bits per heavy atom. The van der Waals surface area contributed by atoms with Crippen molar-refractivity contribution in [2.24, 2.45) is 17.8 Å². The fraction of sp³-hybridized carbons (Fsp3) is 0.667. The Hall–Kier alpha value is -4.83. The standard InChI is InChI=1S/C33H51N11O6/c1-6-20(5)27(40-30(47)23(15-19(3)4)38-31(48)25-17-34-13-14-35-25)32(49)39-24(16-21-11-9-8-10-12-21)29(46)37-22(7-2)28(45)33(50)36-18-26-41-43-44-42-26/h13-14,17,19-24,27H,6-12,15-16,18H2,1-5H3,(H,36,50)(H,37,46)(H,38,48)(H,39,49)(H,40,47)(H,41,42,43,44)/t20?,22-,23-,24-,27?/m0/s1. The number of nitrogens with one attached hydrogen (secondary N) is 6. The Bertz CT molecular complexity index is 1420. The fourth-order valence-electron chi connectivity index (χ4n) is 5.84. The van der Waals surface area contributed by atoms with E-state index in [1.165, 1.54) is 18.6 Å². The summed E-state index contributed by atoms with van der Waals surface area (Å²) in [4.78, 5) is 87.8. The van der Waals surface area contributed by atoms with E-state index in [4.69, 9.17) is 0 Å². The molecule has 0 saturated heterocycles. The summed E-state index contributed by atoms with van der Waals surface area (Å²) in [5.74, 6) is -4.01. The minimum Gasteiger partial charge on any atom is -0.344 e. The lowest BCUT2D eigenvalue weighted by atomic mass is 9.84. The number of nitrogens with zero attached hydrogens (tertiary/aromatic N) is 5. The fourth-order valence-corrected chi connectivity index (χ4v) is 5.84. The Kier molecular flexibility index (Phi) is 15.8. The highest BCUT2D eigenvalue weighted by molar-refractivity contribution is 6.38. The zero-order chi connectivity index (χ0) is 36.6. The van der Waals surface area contributed by atoms with Gasteiger partial charge in [0, 0.05) is 12.4 Å². The second-order valence-electron chi connectivity index (χ2n) is 13.3. The first kappa shape index (κ1) is 39.6. The zero-order valence-corrected chi connectivity index (χ0v) is 29.5. The molecule has 6 N–H and O–H groups in total. The molecule has 1 aliphatic rings. The predicted octanol–water partition coefficient (Wildman–Crippen LogP) is 0.901. The molecule has 0 bridgehead atoms. The Labute approximate surface area is 292 Å². The number of aromatic amines is 1. The molecule has 0 aliphatic heterocycles. The molecule has 1 aliphatic carbocycles. The molecule has 17 nitrogen and oxygen atoms in total. The molecule has 5 atom stereocenters. The zero-order valence-electron chi connectivity index (χ0n) is 29.5. The number of Topliss-reactive ketones (excluding diaryl/α,β-unsaturated/α-hetero) is 1. The Morgan fingerprint density at radius 1 is 0.840 bits per heavy atom. The van der Waals surface area contributed by atoms with Crippen LogP contribution < -0.4 is 26.6 Å². The molecule has 2 heterocycles. The van der Waals surface area contributed by atoms with E-state index in [1.54, 1.807) is 6.92 Å². The van der Waals surface area contributed by atoms with Crippen LogP contribution in [0.5, 0.6) is 0 Å². The molecule has 3 rings (SSSR count). The second-order valence-corrected chi connectivity index (χ2v) is 13.3. The predicted molar refractivity (Wildman–Crippen MR) is 181 cm³/mol. The first-order valence-electron chi connectivity index (χ1n) is 17.5. The van der Waals surface area contributed by atoms with Gasteiger partial charge in [-0.15, -0.1) is 10.2 Å². The van der Waals surface area contributed by atoms with Crippen molar-refractivity contribution >= 4 is 35.3 Å². The minimum atomic E-state index is -1.14. The summed E-state index contributed by atoms with van der Waals surface area (Å²) >= 11 is 0. The number of H-pyrrole nitrogens is 1. The molecule has 2 aromatic heterocycles. The number of carbonyl (C=O) groups excluding carboxylic acids is 6. The maximum atomic E-state index is 14.0. The maximum Gasteiger partial charge on any atom is 0.289 e. The lowest BCUT2D eigenvalue weighted by Crippen LogP contribution is -2.60. The van der Waals surface area contributed by atoms with E-state index < -0.39 is 59.5 Å². The van der Waals surface area contributed by atoms with Crippen LogP contribution in [-0.4, -0.2) is 90.1 Å². The third-order valence-corrected chi connectivity index (χ3v) is 8.91. The minimum absolute atomic E-state index is 0.0302. The van der Waals surface area contributed by atoms with Crippen LogP contribution in [0.4, 0.5) is 0 Å². The van der Waals surface area contributed by atoms with E-state index in [-0.39, 0.29) is 42.2 Å². The summed E-state index contributed by atoms with van der Waals surface area (Å²) in [6, 6.07) is -4.16. The maximum absolute atomic E-state index is 14.0. The average molecular weight is 698 g/mol. The number of tetrazole rings is 1. The van der Waals surface area contributed by atoms with E-state index in [9.17, 15) is 28.8 Å². The SMILES string of the molecule is CCC(C)C(NC(=O)[C@H](CC(C)C)NC(=O)c1cnccn1)C(=O)N[C@@H](CC1CCCCC1)C(=O)N[C@@H](CC)C(=O)C(=O)NCc1nn[nH]n1. The van der Waals surface area contributed by atoms with E-state index in [1.807, 2.05) is 27.7 Å². The first-order valence-corrected chi connectivity index (χ1v) is 17.5. The second kappa shape index (κ2) is 20.0. The van der Waals surface area contributed by atoms with Crippen molar-refractivity contribution in [3.8, 4) is 0 Å². The van der Waals surface area contributed by atoms with E-state index in [0.717, 1.165) is 32.1 Å². The molecule has 2 unspecified atom stereocenters. The number of carbonyl (C=O) groups is 6. The molecule has 1 saturated carbocycles. The van der Waals surface area contributed by atoms with Crippen molar-refractivity contribution in [3.05, 3.63) is 30.1 Å². The largest absolute Gasteiger partial charge is 0.344 e. The van der Waals surface area contributed by atoms with Crippen molar-refractivity contribution in [1.82, 2.24) is 57.2 Å². The van der Waals surface area contributed by atoms with Crippen LogP contribution in [-0.2, 0) is 30.5 Å². The number of amides is 5. The molecule has 0 radical (unpaired) electrons. The van der Waals surface area contributed by atoms with Crippen molar-refractivity contribution in [2.45, 2.75) is 123 Å². The highest BCUT2D eigenvalue weighted by Gasteiger charge is 2.35. The van der Waals surface area contributed by atoms with Gasteiger partial charge in [0.05, 0.1) is 18.8 Å². The van der Waals surface area contributed by atoms with Gasteiger partial charge in [0.1, 0.15) is 23.8 Å². The highest BCUT2D eigenvalue weighted by atomic mass is 16.2. The van der Waals surface area contributed by atoms with Crippen molar-refractivity contribution in [3.63, 3.8) is 0 Å². The molecule has 5 amide bonds. The molecule has 2 aromatic rings. The molecule has 50 heavy (non-hydrogen) atoms. The van der Waals surface area contributed by atoms with Gasteiger partial charge in [-0.25, -0.2) is 4.98 Å². The van der Waals surface area contributed by atoms with Gasteiger partial charge in [0.15, 0.2) is 5.82 Å². The van der Waals surface area contributed by atoms with Crippen LogP contribution >= 0.6 is 0 Å². The molecule has 0 spiro atoms. The van der Waals surface area contributed by atoms with Gasteiger partial charge in [0.25, 0.3) is 11.8 Å². The molecular weight excluding hydrogens is 646 g/mol. The van der Waals surface area contributed by atoms with Crippen LogP contribution in [0.25, 0.3) is 0 Å². The van der Waals surface area contributed by atoms with E-state index >= 15 is 0 Å². The van der Waals surface area contributed by atoms with Crippen LogP contribution in [0.2, 0.25) is 0 Å². The number of rotatable bonds is 19. The van der Waals surface area contributed by atoms with Crippen molar-refractivity contribution in [2.75, 3.05) is 0 Å². The van der Waals surface area contributed by atoms with Gasteiger partial charge < -0.3 is 26.6 Å². The van der Waals surface area contributed by atoms with Gasteiger partial charge in [-0.05, 0) is 37.0 Å². The molecular formula is C33H51N11O6. The van der Waals surface area contributed by atoms with Crippen LogP contribution in [0.3, 0.4) is 0 Å². The summed E-state index contributed by atoms with van der Waals surface area (Å²) in [6.45, 7) is 9.05. The number of aromatic nitrogens is 6. The summed E-state index contributed by atoms with van der Waals surface area (Å²) in [5, 5.41) is 26.6. The van der Waals surface area contributed by atoms with Gasteiger partial charge >= 0.3 is 0 Å². The van der Waals surface area contributed by atoms with Crippen LogP contribution in [0, 0.1) is 17.8 Å². The molecule has 0 aromatic carbocycles. The first-order chi connectivity index (χ1) is 23.9. The third kappa shape index (κ3) is 12.2. The van der Waals surface area contributed by atoms with Crippen LogP contribution in [0.15, 0.2) is 18.6 Å². The lowest BCUT2D eigenvalue weighted by molar-refractivity contribution is -0.140. The summed E-state index contributed by atoms with van der Waals surface area (Å²) < 4.78 is 0. The Balaban J connectivity index is 1.76. The van der Waals surface area contributed by atoms with Crippen molar-refractivity contribution in [1.29, 1.82) is 0 Å². The van der Waals surface area contributed by atoms with E-state index in [0.29, 0.717) is 19.3 Å². The third-order valence-electron chi connectivity index (χ3n) is 8.91. The van der Waals surface area contributed by atoms with Gasteiger partial charge in [-0.3, -0.25) is 33.8 Å². The average Bonchev–Trinajstić information content (AvgIpc) is 3.64. The molecule has 17 heteroatoms. The van der Waals surface area contributed by atoms with Gasteiger partial charge in [-0.2, -0.15) is 5.21 Å². The summed E-state index contributed by atoms with van der Waals surface area (Å²) in [5.41, 5.74) is 0.0511. The summed E-state index contributed by atoms with van der Waals surface area (Å²) in [7, 11) is 0. The molecule has 1 fully saturated rings. The monoisotopic (exact) mass is 697 g/mol. The van der Waals surface area contributed by atoms with Crippen molar-refractivity contribution < 1.29 is 28.8 Å². The summed E-state index contributed by atoms with van der Waals surface area (Å²) in [6.07, 6.45) is 10.3. The smallest absolute Gasteiger partial charge is 0.289 e. The number of hydrogen-bond donors (Lipinski definition) is 6. The number of hydrogen-bond acceptors (Lipinski definition) is 11. The highest BCUT2D eigenvalue weighted by Crippen LogP contribution is 2.27. The quantitative estimate of drug-likeness (QED) is 0.113.